The molecule has 1 aliphatic rings. The molecule has 27 heavy (non-hydrogen) atoms. The van der Waals surface area contributed by atoms with Crippen LogP contribution in [-0.2, 0) is 6.42 Å². The highest BCUT2D eigenvalue weighted by Gasteiger charge is 2.26. The Morgan fingerprint density at radius 2 is 1.78 bits per heavy atom. The van der Waals surface area contributed by atoms with E-state index in [9.17, 15) is 22.8 Å². The van der Waals surface area contributed by atoms with Crippen molar-refractivity contribution in [2.75, 3.05) is 20.1 Å². The maximum Gasteiger partial charge on any atom is 0.195 e. The highest BCUT2D eigenvalue weighted by atomic mass is 19.2. The number of rotatable bonds is 5. The van der Waals surface area contributed by atoms with Crippen molar-refractivity contribution >= 4 is 11.6 Å². The smallest absolute Gasteiger partial charge is 0.195 e. The molecule has 2 heterocycles. The SMILES string of the molecule is CN1CCC(C(=O)c2cccc(CC(=O)c3ccc(F)c(F)c3F)n2)CC1. The van der Waals surface area contributed by atoms with Crippen LogP contribution in [0.2, 0.25) is 0 Å². The van der Waals surface area contributed by atoms with Crippen molar-refractivity contribution < 1.29 is 22.8 Å². The van der Waals surface area contributed by atoms with Gasteiger partial charge in [-0.3, -0.25) is 9.59 Å². The number of likely N-dealkylation sites (tertiary alicyclic amines) is 1. The molecule has 0 aliphatic carbocycles. The Bertz CT molecular complexity index is 878. The van der Waals surface area contributed by atoms with E-state index in [1.807, 2.05) is 7.05 Å². The average molecular weight is 376 g/mol. The molecular formula is C20H19F3N2O2. The van der Waals surface area contributed by atoms with E-state index in [4.69, 9.17) is 0 Å². The van der Waals surface area contributed by atoms with E-state index in [1.54, 1.807) is 18.2 Å². The summed E-state index contributed by atoms with van der Waals surface area (Å²) in [7, 11) is 2.00. The van der Waals surface area contributed by atoms with Gasteiger partial charge >= 0.3 is 0 Å². The number of carbonyl (C=O) groups excluding carboxylic acids is 2. The van der Waals surface area contributed by atoms with Crippen molar-refractivity contribution in [3.8, 4) is 0 Å². The number of halogens is 3. The van der Waals surface area contributed by atoms with Gasteiger partial charge in [0.25, 0.3) is 0 Å². The molecule has 0 saturated carbocycles. The van der Waals surface area contributed by atoms with Crippen molar-refractivity contribution in [3.63, 3.8) is 0 Å². The van der Waals surface area contributed by atoms with E-state index < -0.39 is 28.8 Å². The molecule has 1 aliphatic heterocycles. The lowest BCUT2D eigenvalue weighted by atomic mass is 9.91. The monoisotopic (exact) mass is 376 g/mol. The molecule has 1 aromatic carbocycles. The Balaban J connectivity index is 1.75. The summed E-state index contributed by atoms with van der Waals surface area (Å²) in [6.45, 7) is 1.67. The van der Waals surface area contributed by atoms with Crippen LogP contribution in [0.25, 0.3) is 0 Å². The molecule has 1 saturated heterocycles. The Morgan fingerprint density at radius 3 is 2.48 bits per heavy atom. The molecule has 0 bridgehead atoms. The number of piperidine rings is 1. The van der Waals surface area contributed by atoms with E-state index in [0.29, 0.717) is 6.07 Å². The van der Waals surface area contributed by atoms with E-state index in [2.05, 4.69) is 9.88 Å². The van der Waals surface area contributed by atoms with Gasteiger partial charge in [0.2, 0.25) is 0 Å². The highest BCUT2D eigenvalue weighted by molar-refractivity contribution is 5.98. The third-order valence-electron chi connectivity index (χ3n) is 4.83. The van der Waals surface area contributed by atoms with Crippen LogP contribution in [0.3, 0.4) is 0 Å². The summed E-state index contributed by atoms with van der Waals surface area (Å²) in [5.74, 6) is -5.46. The molecule has 1 fully saturated rings. The van der Waals surface area contributed by atoms with Crippen molar-refractivity contribution in [2.45, 2.75) is 19.3 Å². The summed E-state index contributed by atoms with van der Waals surface area (Å²) in [4.78, 5) is 31.3. The number of hydrogen-bond acceptors (Lipinski definition) is 4. The Hall–Kier alpha value is -2.54. The predicted molar refractivity (Wildman–Crippen MR) is 93.1 cm³/mol. The molecule has 0 atom stereocenters. The minimum absolute atomic E-state index is 0.0728. The van der Waals surface area contributed by atoms with Crippen LogP contribution in [-0.4, -0.2) is 41.6 Å². The van der Waals surface area contributed by atoms with Gasteiger partial charge in [-0.15, -0.1) is 0 Å². The van der Waals surface area contributed by atoms with Gasteiger partial charge in [-0.1, -0.05) is 6.07 Å². The summed E-state index contributed by atoms with van der Waals surface area (Å²) < 4.78 is 40.1. The van der Waals surface area contributed by atoms with E-state index >= 15 is 0 Å². The molecule has 0 unspecified atom stereocenters. The van der Waals surface area contributed by atoms with Crippen molar-refractivity contribution in [1.29, 1.82) is 0 Å². The standard InChI is InChI=1S/C20H19F3N2O2/c1-25-9-7-12(8-10-25)20(27)16-4-2-3-13(24-16)11-17(26)14-5-6-15(21)19(23)18(14)22/h2-6,12H,7-11H2,1H3. The van der Waals surface area contributed by atoms with Gasteiger partial charge in [0.15, 0.2) is 29.0 Å². The molecule has 142 valence electrons. The summed E-state index contributed by atoms with van der Waals surface area (Å²) in [5, 5.41) is 0. The van der Waals surface area contributed by atoms with Crippen LogP contribution in [0.1, 0.15) is 39.4 Å². The predicted octanol–water partition coefficient (Wildman–Crippen LogP) is 3.45. The molecule has 7 heteroatoms. The normalized spacial score (nSPS) is 15.7. The summed E-state index contributed by atoms with van der Waals surface area (Å²) >= 11 is 0. The van der Waals surface area contributed by atoms with Crippen molar-refractivity contribution in [2.24, 2.45) is 5.92 Å². The van der Waals surface area contributed by atoms with Gasteiger partial charge in [0, 0.05) is 11.6 Å². The number of benzene rings is 1. The zero-order chi connectivity index (χ0) is 19.6. The lowest BCUT2D eigenvalue weighted by Gasteiger charge is -2.27. The molecule has 1 aromatic heterocycles. The van der Waals surface area contributed by atoms with E-state index in [0.717, 1.165) is 32.0 Å². The van der Waals surface area contributed by atoms with E-state index in [1.165, 1.54) is 0 Å². The van der Waals surface area contributed by atoms with Gasteiger partial charge in [0.05, 0.1) is 12.0 Å². The number of ketones is 2. The zero-order valence-electron chi connectivity index (χ0n) is 14.8. The first-order chi connectivity index (χ1) is 12.9. The molecule has 0 spiro atoms. The molecule has 2 aromatic rings. The second kappa shape index (κ2) is 8.00. The summed E-state index contributed by atoms with van der Waals surface area (Å²) in [6, 6.07) is 6.36. The van der Waals surface area contributed by atoms with Crippen LogP contribution < -0.4 is 0 Å². The molecule has 0 amide bonds. The Labute approximate surface area is 155 Å². The number of aromatic nitrogens is 1. The van der Waals surface area contributed by atoms with Crippen molar-refractivity contribution in [3.05, 3.63) is 64.7 Å². The first kappa shape index (κ1) is 19.2. The zero-order valence-corrected chi connectivity index (χ0v) is 14.8. The fourth-order valence-electron chi connectivity index (χ4n) is 3.20. The lowest BCUT2D eigenvalue weighted by Crippen LogP contribution is -2.33. The Kier molecular flexibility index (Phi) is 5.70. The number of hydrogen-bond donors (Lipinski definition) is 0. The topological polar surface area (TPSA) is 50.3 Å². The summed E-state index contributed by atoms with van der Waals surface area (Å²) in [6.07, 6.45) is 1.19. The maximum atomic E-state index is 13.8. The van der Waals surface area contributed by atoms with Gasteiger partial charge in [-0.2, -0.15) is 0 Å². The van der Waals surface area contributed by atoms with Crippen LogP contribution in [0.15, 0.2) is 30.3 Å². The maximum absolute atomic E-state index is 13.8. The van der Waals surface area contributed by atoms with Crippen molar-refractivity contribution in [1.82, 2.24) is 9.88 Å². The van der Waals surface area contributed by atoms with Gasteiger partial charge in [-0.05, 0) is 57.2 Å². The quantitative estimate of drug-likeness (QED) is 0.593. The lowest BCUT2D eigenvalue weighted by molar-refractivity contribution is 0.0850. The average Bonchev–Trinajstić information content (AvgIpc) is 2.66. The van der Waals surface area contributed by atoms with Crippen LogP contribution in [0.4, 0.5) is 13.2 Å². The highest BCUT2D eigenvalue weighted by Crippen LogP contribution is 2.21. The first-order valence-corrected chi connectivity index (χ1v) is 8.72. The minimum atomic E-state index is -1.68. The van der Waals surface area contributed by atoms with Gasteiger partial charge in [0.1, 0.15) is 5.69 Å². The molecule has 4 nitrogen and oxygen atoms in total. The molecular weight excluding hydrogens is 357 g/mol. The van der Waals surface area contributed by atoms with Gasteiger partial charge in [-0.25, -0.2) is 18.2 Å². The number of Topliss-reactive ketones (excluding diaryl/α,β-unsaturated/α-hetero) is 2. The third-order valence-corrected chi connectivity index (χ3v) is 4.83. The largest absolute Gasteiger partial charge is 0.306 e. The first-order valence-electron chi connectivity index (χ1n) is 8.72. The minimum Gasteiger partial charge on any atom is -0.306 e. The number of carbonyl (C=O) groups is 2. The Morgan fingerprint density at radius 1 is 1.07 bits per heavy atom. The number of pyridine rings is 1. The molecule has 3 rings (SSSR count). The van der Waals surface area contributed by atoms with E-state index in [-0.39, 0.29) is 29.5 Å². The fourth-order valence-corrected chi connectivity index (χ4v) is 3.20. The van der Waals surface area contributed by atoms with Crippen LogP contribution in [0, 0.1) is 23.4 Å². The summed E-state index contributed by atoms with van der Waals surface area (Å²) in [5.41, 5.74) is 0.00581. The van der Waals surface area contributed by atoms with Crippen LogP contribution >= 0.6 is 0 Å². The van der Waals surface area contributed by atoms with Crippen LogP contribution in [0.5, 0.6) is 0 Å². The third kappa shape index (κ3) is 4.24. The second-order valence-corrected chi connectivity index (χ2v) is 6.78. The fraction of sp³-hybridized carbons (Fsp3) is 0.350. The molecule has 0 radical (unpaired) electrons. The number of nitrogens with zero attached hydrogens (tertiary/aromatic N) is 2. The molecule has 0 N–H and O–H groups in total. The van der Waals surface area contributed by atoms with Gasteiger partial charge < -0.3 is 4.90 Å². The second-order valence-electron chi connectivity index (χ2n) is 6.78.